The van der Waals surface area contributed by atoms with Gasteiger partial charge >= 0.3 is 0 Å². The number of aliphatic hydroxyl groups is 1. The first kappa shape index (κ1) is 12.7. The van der Waals surface area contributed by atoms with E-state index >= 15 is 0 Å². The number of fused-ring (bicyclic) bond motifs is 1. The molecule has 0 aliphatic heterocycles. The molecule has 5 heteroatoms. The maximum Gasteiger partial charge on any atom is 0.143 e. The highest BCUT2D eigenvalue weighted by molar-refractivity contribution is 9.10. The first-order chi connectivity index (χ1) is 9.19. The van der Waals surface area contributed by atoms with E-state index in [1.807, 2.05) is 18.2 Å². The predicted octanol–water partition coefficient (Wildman–Crippen LogP) is 3.92. The molecule has 0 aliphatic rings. The molecular weight excluding hydrogens is 324 g/mol. The van der Waals surface area contributed by atoms with Gasteiger partial charge in [-0.1, -0.05) is 39.4 Å². The number of nitrogens with zero attached hydrogens (tertiary/aromatic N) is 2. The molecule has 0 bridgehead atoms. The van der Waals surface area contributed by atoms with Gasteiger partial charge in [0.1, 0.15) is 15.4 Å². The smallest absolute Gasteiger partial charge is 0.143 e. The Morgan fingerprint density at radius 3 is 3.00 bits per heavy atom. The van der Waals surface area contributed by atoms with Gasteiger partial charge in [-0.25, -0.2) is 9.97 Å². The summed E-state index contributed by atoms with van der Waals surface area (Å²) in [7, 11) is 0. The molecule has 96 valence electrons. The zero-order valence-corrected chi connectivity index (χ0v) is 12.6. The second-order valence-corrected chi connectivity index (χ2v) is 6.09. The van der Waals surface area contributed by atoms with Crippen molar-refractivity contribution in [1.82, 2.24) is 9.97 Å². The van der Waals surface area contributed by atoms with E-state index in [0.717, 1.165) is 31.0 Å². The van der Waals surface area contributed by atoms with Crippen LogP contribution in [0.3, 0.4) is 0 Å². The minimum atomic E-state index is -0.00822. The highest BCUT2D eigenvalue weighted by Gasteiger charge is 2.11. The van der Waals surface area contributed by atoms with E-state index in [0.29, 0.717) is 0 Å². The Hall–Kier alpha value is -1.30. The lowest BCUT2D eigenvalue weighted by atomic mass is 10.1. The van der Waals surface area contributed by atoms with Crippen LogP contribution < -0.4 is 0 Å². The number of benzene rings is 1. The van der Waals surface area contributed by atoms with Gasteiger partial charge in [-0.3, -0.25) is 0 Å². The van der Waals surface area contributed by atoms with Crippen molar-refractivity contribution in [2.24, 2.45) is 0 Å². The fourth-order valence-corrected chi connectivity index (χ4v) is 3.24. The topological polar surface area (TPSA) is 46.0 Å². The maximum absolute atomic E-state index is 9.13. The molecule has 0 aliphatic carbocycles. The van der Waals surface area contributed by atoms with Crippen molar-refractivity contribution in [1.29, 1.82) is 0 Å². The van der Waals surface area contributed by atoms with Crippen molar-refractivity contribution < 1.29 is 5.11 Å². The molecule has 0 spiro atoms. The van der Waals surface area contributed by atoms with E-state index in [-0.39, 0.29) is 6.61 Å². The Kier molecular flexibility index (Phi) is 3.35. The summed E-state index contributed by atoms with van der Waals surface area (Å²) in [4.78, 5) is 9.85. The van der Waals surface area contributed by atoms with Crippen LogP contribution in [0.2, 0.25) is 0 Å². The number of halogens is 1. The summed E-state index contributed by atoms with van der Waals surface area (Å²) in [5.41, 5.74) is 3.91. The fraction of sp³-hybridized carbons (Fsp3) is 0.143. The number of hydrogen-bond donors (Lipinski definition) is 1. The number of hydrogen-bond acceptors (Lipinski definition) is 4. The minimum absolute atomic E-state index is 0.00822. The maximum atomic E-state index is 9.13. The Bertz CT molecular complexity index is 754. The van der Waals surface area contributed by atoms with E-state index in [1.54, 1.807) is 17.5 Å². The molecule has 1 aromatic carbocycles. The van der Waals surface area contributed by atoms with Crippen LogP contribution in [0, 0.1) is 6.92 Å². The van der Waals surface area contributed by atoms with Gasteiger partial charge in [0.2, 0.25) is 0 Å². The van der Waals surface area contributed by atoms with Crippen LogP contribution >= 0.6 is 27.3 Å². The van der Waals surface area contributed by atoms with Crippen molar-refractivity contribution in [3.63, 3.8) is 0 Å². The van der Waals surface area contributed by atoms with Gasteiger partial charge in [0, 0.05) is 16.2 Å². The van der Waals surface area contributed by atoms with Gasteiger partial charge in [-0.2, -0.15) is 0 Å². The SMILES string of the molecule is Cc1c(Br)cccc1-c1nc2cc(CO)cnc2s1. The van der Waals surface area contributed by atoms with E-state index < -0.39 is 0 Å². The van der Waals surface area contributed by atoms with Crippen molar-refractivity contribution in [2.75, 3.05) is 0 Å². The minimum Gasteiger partial charge on any atom is -0.392 e. The van der Waals surface area contributed by atoms with E-state index in [2.05, 4.69) is 38.9 Å². The summed E-state index contributed by atoms with van der Waals surface area (Å²) < 4.78 is 1.08. The molecule has 0 fully saturated rings. The summed E-state index contributed by atoms with van der Waals surface area (Å²) in [6, 6.07) is 7.97. The Labute approximate surface area is 123 Å². The molecule has 3 nitrogen and oxygen atoms in total. The lowest BCUT2D eigenvalue weighted by molar-refractivity contribution is 0.281. The molecule has 2 heterocycles. The number of thiazole rings is 1. The molecular formula is C14H11BrN2OS. The van der Waals surface area contributed by atoms with Crippen LogP contribution in [0.4, 0.5) is 0 Å². The first-order valence-corrected chi connectivity index (χ1v) is 7.42. The summed E-state index contributed by atoms with van der Waals surface area (Å²) in [5, 5.41) is 10.1. The molecule has 0 saturated heterocycles. The zero-order valence-electron chi connectivity index (χ0n) is 10.2. The van der Waals surface area contributed by atoms with Crippen LogP contribution in [0.1, 0.15) is 11.1 Å². The normalized spacial score (nSPS) is 11.1. The van der Waals surface area contributed by atoms with Crippen molar-refractivity contribution in [3.05, 3.63) is 46.1 Å². The molecule has 3 rings (SSSR count). The predicted molar refractivity (Wildman–Crippen MR) is 81.2 cm³/mol. The van der Waals surface area contributed by atoms with Crippen molar-refractivity contribution in [2.45, 2.75) is 13.5 Å². The molecule has 1 N–H and O–H groups in total. The van der Waals surface area contributed by atoms with Crippen molar-refractivity contribution >= 4 is 37.6 Å². The van der Waals surface area contributed by atoms with Crippen molar-refractivity contribution in [3.8, 4) is 10.6 Å². The molecule has 0 amide bonds. The highest BCUT2D eigenvalue weighted by Crippen LogP contribution is 2.33. The Balaban J connectivity index is 2.18. The monoisotopic (exact) mass is 334 g/mol. The van der Waals surface area contributed by atoms with Gasteiger partial charge in [-0.05, 0) is 30.2 Å². The fourth-order valence-electron chi connectivity index (χ4n) is 1.91. The summed E-state index contributed by atoms with van der Waals surface area (Å²) in [6.07, 6.45) is 1.69. The van der Waals surface area contributed by atoms with Gasteiger partial charge in [0.15, 0.2) is 0 Å². The molecule has 0 unspecified atom stereocenters. The third-order valence-electron chi connectivity index (χ3n) is 2.98. The first-order valence-electron chi connectivity index (χ1n) is 5.81. The number of aromatic nitrogens is 2. The van der Waals surface area contributed by atoms with E-state index in [9.17, 15) is 0 Å². The average molecular weight is 335 g/mol. The largest absolute Gasteiger partial charge is 0.392 e. The number of pyridine rings is 1. The molecule has 0 saturated carbocycles. The van der Waals surface area contributed by atoms with Crippen LogP contribution in [0.15, 0.2) is 34.9 Å². The number of aliphatic hydroxyl groups excluding tert-OH is 1. The molecule has 3 aromatic rings. The van der Waals surface area contributed by atoms with E-state index in [1.165, 1.54) is 5.56 Å². The van der Waals surface area contributed by atoms with Gasteiger partial charge in [0.05, 0.1) is 6.61 Å². The second kappa shape index (κ2) is 5.00. The summed E-state index contributed by atoms with van der Waals surface area (Å²) in [5.74, 6) is 0. The van der Waals surface area contributed by atoms with Crippen LogP contribution in [-0.2, 0) is 6.61 Å². The third kappa shape index (κ3) is 2.29. The standard InChI is InChI=1S/C14H11BrN2OS/c1-8-10(3-2-4-11(8)15)13-17-12-5-9(7-18)6-16-14(12)19-13/h2-6,18H,7H2,1H3. The van der Waals surface area contributed by atoms with E-state index in [4.69, 9.17) is 5.11 Å². The Morgan fingerprint density at radius 2 is 2.21 bits per heavy atom. The quantitative estimate of drug-likeness (QED) is 0.772. The Morgan fingerprint density at radius 1 is 1.37 bits per heavy atom. The number of rotatable bonds is 2. The molecule has 19 heavy (non-hydrogen) atoms. The second-order valence-electron chi connectivity index (χ2n) is 4.26. The molecule has 0 atom stereocenters. The molecule has 2 aromatic heterocycles. The molecule has 0 radical (unpaired) electrons. The summed E-state index contributed by atoms with van der Waals surface area (Å²) in [6.45, 7) is 2.06. The highest BCUT2D eigenvalue weighted by atomic mass is 79.9. The third-order valence-corrected chi connectivity index (χ3v) is 4.86. The van der Waals surface area contributed by atoms with Gasteiger partial charge in [-0.15, -0.1) is 0 Å². The van der Waals surface area contributed by atoms with Crippen LogP contribution in [0.25, 0.3) is 20.9 Å². The van der Waals surface area contributed by atoms with Gasteiger partial charge in [0.25, 0.3) is 0 Å². The summed E-state index contributed by atoms with van der Waals surface area (Å²) >= 11 is 5.11. The average Bonchev–Trinajstić information content (AvgIpc) is 2.84. The lowest BCUT2D eigenvalue weighted by Gasteiger charge is -2.03. The lowest BCUT2D eigenvalue weighted by Crippen LogP contribution is -1.85. The zero-order chi connectivity index (χ0) is 13.4. The van der Waals surface area contributed by atoms with Crippen LogP contribution in [-0.4, -0.2) is 15.1 Å². The van der Waals surface area contributed by atoms with Crippen LogP contribution in [0.5, 0.6) is 0 Å². The van der Waals surface area contributed by atoms with Gasteiger partial charge < -0.3 is 5.11 Å².